The van der Waals surface area contributed by atoms with Crippen LogP contribution in [0.4, 0.5) is 0 Å². The molecule has 1 amide bonds. The van der Waals surface area contributed by atoms with Crippen LogP contribution in [0.25, 0.3) is 0 Å². The molecule has 0 saturated carbocycles. The summed E-state index contributed by atoms with van der Waals surface area (Å²) < 4.78 is 6.91. The Bertz CT molecular complexity index is 460. The Labute approximate surface area is 135 Å². The number of amides is 1. The molecular formula is C16H23BrN2O2. The van der Waals surface area contributed by atoms with Crippen LogP contribution in [-0.2, 0) is 9.53 Å². The first-order valence-electron chi connectivity index (χ1n) is 7.51. The zero-order valence-corrected chi connectivity index (χ0v) is 14.3. The quantitative estimate of drug-likeness (QED) is 0.814. The van der Waals surface area contributed by atoms with Crippen LogP contribution in [0.1, 0.15) is 25.5 Å². The van der Waals surface area contributed by atoms with Gasteiger partial charge in [-0.2, -0.15) is 0 Å². The fraction of sp³-hybridized carbons (Fsp3) is 0.562. The average Bonchev–Trinajstić information content (AvgIpc) is 2.49. The third kappa shape index (κ3) is 4.53. The molecular weight excluding hydrogens is 332 g/mol. The number of ether oxygens (including phenoxy) is 1. The Balaban J connectivity index is 1.94. The number of likely N-dealkylation sites (N-methyl/N-ethyl adjacent to an activating group) is 1. The van der Waals surface area contributed by atoms with E-state index in [-0.39, 0.29) is 12.0 Å². The van der Waals surface area contributed by atoms with E-state index in [2.05, 4.69) is 33.0 Å². The van der Waals surface area contributed by atoms with Gasteiger partial charge in [-0.15, -0.1) is 0 Å². The standard InChI is InChI=1S/C16H23BrN2O2/c1-3-19(4-2)16(20)12-18-9-10-21-15(11-18)13-5-7-14(17)8-6-13/h5-8,15H,3-4,9-12H2,1-2H3/t15-/m0/s1. The Hall–Kier alpha value is -0.910. The lowest BCUT2D eigenvalue weighted by Gasteiger charge is -2.33. The van der Waals surface area contributed by atoms with Crippen LogP contribution in [0, 0.1) is 0 Å². The van der Waals surface area contributed by atoms with Gasteiger partial charge in [0.05, 0.1) is 19.3 Å². The van der Waals surface area contributed by atoms with Crippen LogP contribution in [-0.4, -0.2) is 55.0 Å². The molecule has 116 valence electrons. The summed E-state index contributed by atoms with van der Waals surface area (Å²) in [7, 11) is 0. The van der Waals surface area contributed by atoms with Gasteiger partial charge in [-0.25, -0.2) is 0 Å². The lowest BCUT2D eigenvalue weighted by molar-refractivity contribution is -0.134. The van der Waals surface area contributed by atoms with Crippen LogP contribution in [0.15, 0.2) is 28.7 Å². The molecule has 1 aromatic carbocycles. The second-order valence-electron chi connectivity index (χ2n) is 5.21. The smallest absolute Gasteiger partial charge is 0.236 e. The molecule has 0 unspecified atom stereocenters. The van der Waals surface area contributed by atoms with E-state index in [4.69, 9.17) is 4.74 Å². The maximum atomic E-state index is 12.2. The van der Waals surface area contributed by atoms with Gasteiger partial charge in [0, 0.05) is 30.7 Å². The van der Waals surface area contributed by atoms with Crippen LogP contribution in [0.3, 0.4) is 0 Å². The summed E-state index contributed by atoms with van der Waals surface area (Å²) in [6.45, 7) is 8.33. The van der Waals surface area contributed by atoms with E-state index in [1.54, 1.807) is 0 Å². The molecule has 1 fully saturated rings. The highest BCUT2D eigenvalue weighted by Gasteiger charge is 2.24. The van der Waals surface area contributed by atoms with Crippen molar-refractivity contribution in [2.75, 3.05) is 39.3 Å². The van der Waals surface area contributed by atoms with Gasteiger partial charge >= 0.3 is 0 Å². The average molecular weight is 355 g/mol. The molecule has 1 aliphatic heterocycles. The molecule has 5 heteroatoms. The van der Waals surface area contributed by atoms with Crippen LogP contribution < -0.4 is 0 Å². The van der Waals surface area contributed by atoms with E-state index in [1.807, 2.05) is 30.9 Å². The lowest BCUT2D eigenvalue weighted by atomic mass is 10.1. The number of carbonyl (C=O) groups excluding carboxylic acids is 1. The van der Waals surface area contributed by atoms with Gasteiger partial charge in [0.1, 0.15) is 0 Å². The van der Waals surface area contributed by atoms with E-state index in [0.717, 1.165) is 36.2 Å². The summed E-state index contributed by atoms with van der Waals surface area (Å²) in [4.78, 5) is 16.3. The number of halogens is 1. The number of hydrogen-bond acceptors (Lipinski definition) is 3. The number of carbonyl (C=O) groups is 1. The predicted molar refractivity (Wildman–Crippen MR) is 87.2 cm³/mol. The number of nitrogens with zero attached hydrogens (tertiary/aromatic N) is 2. The van der Waals surface area contributed by atoms with Crippen molar-refractivity contribution >= 4 is 21.8 Å². The van der Waals surface area contributed by atoms with Crippen molar-refractivity contribution in [1.82, 2.24) is 9.80 Å². The Morgan fingerprint density at radius 2 is 2.00 bits per heavy atom. The minimum Gasteiger partial charge on any atom is -0.371 e. The molecule has 1 aromatic rings. The second-order valence-corrected chi connectivity index (χ2v) is 6.13. The number of hydrogen-bond donors (Lipinski definition) is 0. The summed E-state index contributed by atoms with van der Waals surface area (Å²) >= 11 is 3.44. The van der Waals surface area contributed by atoms with Gasteiger partial charge in [0.15, 0.2) is 0 Å². The first-order valence-corrected chi connectivity index (χ1v) is 8.30. The normalized spacial score (nSPS) is 19.5. The first-order chi connectivity index (χ1) is 10.1. The zero-order valence-electron chi connectivity index (χ0n) is 12.7. The van der Waals surface area contributed by atoms with Gasteiger partial charge in [0.2, 0.25) is 5.91 Å². The number of rotatable bonds is 5. The molecule has 1 aliphatic rings. The maximum Gasteiger partial charge on any atom is 0.236 e. The van der Waals surface area contributed by atoms with Crippen LogP contribution in [0.2, 0.25) is 0 Å². The van der Waals surface area contributed by atoms with Crippen molar-refractivity contribution in [2.45, 2.75) is 20.0 Å². The molecule has 0 aromatic heterocycles. The fourth-order valence-corrected chi connectivity index (χ4v) is 2.86. The van der Waals surface area contributed by atoms with Gasteiger partial charge < -0.3 is 9.64 Å². The van der Waals surface area contributed by atoms with E-state index in [9.17, 15) is 4.79 Å². The van der Waals surface area contributed by atoms with Crippen molar-refractivity contribution in [3.63, 3.8) is 0 Å². The molecule has 4 nitrogen and oxygen atoms in total. The third-order valence-electron chi connectivity index (χ3n) is 3.87. The summed E-state index contributed by atoms with van der Waals surface area (Å²) in [6.07, 6.45) is 0.0522. The topological polar surface area (TPSA) is 32.8 Å². The van der Waals surface area contributed by atoms with Crippen molar-refractivity contribution in [3.05, 3.63) is 34.3 Å². The van der Waals surface area contributed by atoms with Crippen molar-refractivity contribution in [3.8, 4) is 0 Å². The molecule has 1 saturated heterocycles. The molecule has 1 heterocycles. The van der Waals surface area contributed by atoms with Gasteiger partial charge in [-0.05, 0) is 31.5 Å². The minimum absolute atomic E-state index is 0.0522. The zero-order chi connectivity index (χ0) is 15.2. The molecule has 0 spiro atoms. The van der Waals surface area contributed by atoms with Crippen molar-refractivity contribution < 1.29 is 9.53 Å². The molecule has 1 atom stereocenters. The molecule has 0 aliphatic carbocycles. The molecule has 0 bridgehead atoms. The Morgan fingerprint density at radius 1 is 1.33 bits per heavy atom. The molecule has 0 N–H and O–H groups in total. The molecule has 21 heavy (non-hydrogen) atoms. The Kier molecular flexibility index (Phi) is 6.21. The maximum absolute atomic E-state index is 12.2. The highest BCUT2D eigenvalue weighted by Crippen LogP contribution is 2.23. The van der Waals surface area contributed by atoms with E-state index in [1.165, 1.54) is 0 Å². The number of benzene rings is 1. The van der Waals surface area contributed by atoms with E-state index >= 15 is 0 Å². The highest BCUT2D eigenvalue weighted by molar-refractivity contribution is 9.10. The van der Waals surface area contributed by atoms with Crippen molar-refractivity contribution in [1.29, 1.82) is 0 Å². The van der Waals surface area contributed by atoms with Crippen LogP contribution >= 0.6 is 15.9 Å². The van der Waals surface area contributed by atoms with Crippen LogP contribution in [0.5, 0.6) is 0 Å². The second kappa shape index (κ2) is 7.92. The fourth-order valence-electron chi connectivity index (χ4n) is 2.59. The van der Waals surface area contributed by atoms with Gasteiger partial charge in [0.25, 0.3) is 0 Å². The summed E-state index contributed by atoms with van der Waals surface area (Å²) in [5.41, 5.74) is 1.16. The third-order valence-corrected chi connectivity index (χ3v) is 4.40. The van der Waals surface area contributed by atoms with E-state index in [0.29, 0.717) is 13.2 Å². The minimum atomic E-state index is 0.0522. The molecule has 0 radical (unpaired) electrons. The van der Waals surface area contributed by atoms with Gasteiger partial charge in [-0.3, -0.25) is 9.69 Å². The monoisotopic (exact) mass is 354 g/mol. The summed E-state index contributed by atoms with van der Waals surface area (Å²) in [6, 6.07) is 8.20. The SMILES string of the molecule is CCN(CC)C(=O)CN1CCO[C@H](c2ccc(Br)cc2)C1. The number of morpholine rings is 1. The molecule has 2 rings (SSSR count). The van der Waals surface area contributed by atoms with Crippen molar-refractivity contribution in [2.24, 2.45) is 0 Å². The van der Waals surface area contributed by atoms with E-state index < -0.39 is 0 Å². The first kappa shape index (κ1) is 16.5. The lowest BCUT2D eigenvalue weighted by Crippen LogP contribution is -2.45. The largest absolute Gasteiger partial charge is 0.371 e. The highest BCUT2D eigenvalue weighted by atomic mass is 79.9. The van der Waals surface area contributed by atoms with Gasteiger partial charge in [-0.1, -0.05) is 28.1 Å². The summed E-state index contributed by atoms with van der Waals surface area (Å²) in [5.74, 6) is 0.205. The Morgan fingerprint density at radius 3 is 2.62 bits per heavy atom. The summed E-state index contributed by atoms with van der Waals surface area (Å²) in [5, 5.41) is 0. The predicted octanol–water partition coefficient (Wildman–Crippen LogP) is 2.69.